The highest BCUT2D eigenvalue weighted by molar-refractivity contribution is 5.73. The van der Waals surface area contributed by atoms with Crippen molar-refractivity contribution in [2.24, 2.45) is 0 Å². The van der Waals surface area contributed by atoms with Crippen molar-refractivity contribution in [1.82, 2.24) is 5.32 Å². The molecular formula is C12H17NO2. The van der Waals surface area contributed by atoms with Gasteiger partial charge in [0.15, 0.2) is 0 Å². The molecule has 0 radical (unpaired) electrons. The zero-order valence-corrected chi connectivity index (χ0v) is 9.10. The van der Waals surface area contributed by atoms with E-state index in [0.29, 0.717) is 6.42 Å². The van der Waals surface area contributed by atoms with E-state index < -0.39 is 6.10 Å². The fourth-order valence-electron chi connectivity index (χ4n) is 1.45. The highest BCUT2D eigenvalue weighted by Crippen LogP contribution is 2.05. The molecule has 0 bridgehead atoms. The van der Waals surface area contributed by atoms with E-state index in [4.69, 9.17) is 0 Å². The molecule has 0 aliphatic heterocycles. The quantitative estimate of drug-likeness (QED) is 0.777. The highest BCUT2D eigenvalue weighted by atomic mass is 16.3. The number of rotatable bonds is 4. The molecule has 15 heavy (non-hydrogen) atoms. The maximum absolute atomic E-state index is 10.8. The van der Waals surface area contributed by atoms with Crippen LogP contribution in [0.15, 0.2) is 30.3 Å². The first-order valence-corrected chi connectivity index (χ1v) is 5.08. The van der Waals surface area contributed by atoms with Crippen LogP contribution in [-0.2, 0) is 11.2 Å². The Kier molecular flexibility index (Phi) is 4.31. The van der Waals surface area contributed by atoms with Gasteiger partial charge in [-0.25, -0.2) is 0 Å². The van der Waals surface area contributed by atoms with Crippen molar-refractivity contribution < 1.29 is 9.90 Å². The van der Waals surface area contributed by atoms with Crippen LogP contribution >= 0.6 is 0 Å². The topological polar surface area (TPSA) is 49.3 Å². The molecule has 0 aromatic heterocycles. The number of nitrogens with one attached hydrogen (secondary N) is 1. The van der Waals surface area contributed by atoms with Gasteiger partial charge in [0.2, 0.25) is 5.91 Å². The molecule has 1 aromatic carbocycles. The molecule has 0 heterocycles. The van der Waals surface area contributed by atoms with E-state index >= 15 is 0 Å². The minimum atomic E-state index is -0.545. The van der Waals surface area contributed by atoms with Crippen molar-refractivity contribution in [3.05, 3.63) is 35.9 Å². The van der Waals surface area contributed by atoms with Crippen LogP contribution in [0.3, 0.4) is 0 Å². The second-order valence-corrected chi connectivity index (χ2v) is 3.75. The van der Waals surface area contributed by atoms with Gasteiger partial charge in [-0.15, -0.1) is 0 Å². The Hall–Kier alpha value is -1.35. The van der Waals surface area contributed by atoms with Crippen molar-refractivity contribution >= 4 is 5.91 Å². The Bertz CT molecular complexity index is 311. The number of hydrogen-bond acceptors (Lipinski definition) is 2. The predicted octanol–water partition coefficient (Wildman–Crippen LogP) is 1.11. The Morgan fingerprint density at radius 3 is 2.53 bits per heavy atom. The van der Waals surface area contributed by atoms with Crippen LogP contribution < -0.4 is 5.32 Å². The van der Waals surface area contributed by atoms with Crippen molar-refractivity contribution in [3.8, 4) is 0 Å². The summed E-state index contributed by atoms with van der Waals surface area (Å²) in [7, 11) is 0. The van der Waals surface area contributed by atoms with Gasteiger partial charge < -0.3 is 10.4 Å². The van der Waals surface area contributed by atoms with Crippen LogP contribution in [0, 0.1) is 0 Å². The lowest BCUT2D eigenvalue weighted by Gasteiger charge is -2.19. The molecule has 2 unspecified atom stereocenters. The highest BCUT2D eigenvalue weighted by Gasteiger charge is 2.14. The van der Waals surface area contributed by atoms with Crippen LogP contribution in [-0.4, -0.2) is 23.2 Å². The van der Waals surface area contributed by atoms with Crippen LogP contribution in [0.1, 0.15) is 19.4 Å². The first-order valence-electron chi connectivity index (χ1n) is 5.08. The van der Waals surface area contributed by atoms with E-state index in [-0.39, 0.29) is 11.9 Å². The maximum atomic E-state index is 10.8. The average Bonchev–Trinajstić information content (AvgIpc) is 2.18. The number of hydrogen-bond donors (Lipinski definition) is 2. The van der Waals surface area contributed by atoms with E-state index in [1.54, 1.807) is 6.92 Å². The van der Waals surface area contributed by atoms with Crippen LogP contribution in [0.4, 0.5) is 0 Å². The van der Waals surface area contributed by atoms with Gasteiger partial charge in [0.05, 0.1) is 12.1 Å². The second kappa shape index (κ2) is 5.51. The molecule has 0 aliphatic carbocycles. The lowest BCUT2D eigenvalue weighted by molar-refractivity contribution is -0.120. The largest absolute Gasteiger partial charge is 0.391 e. The van der Waals surface area contributed by atoms with Gasteiger partial charge in [-0.05, 0) is 12.5 Å². The minimum absolute atomic E-state index is 0.116. The molecule has 1 rings (SSSR count). The molecule has 2 atom stereocenters. The summed E-state index contributed by atoms with van der Waals surface area (Å²) < 4.78 is 0. The fraction of sp³-hybridized carbons (Fsp3) is 0.417. The lowest BCUT2D eigenvalue weighted by Crippen LogP contribution is -2.40. The molecule has 1 aromatic rings. The number of carbonyl (C=O) groups excluding carboxylic acids is 1. The molecule has 0 fully saturated rings. The molecular weight excluding hydrogens is 190 g/mol. The molecule has 3 nitrogen and oxygen atoms in total. The Balaban J connectivity index is 2.48. The van der Waals surface area contributed by atoms with Crippen molar-refractivity contribution in [1.29, 1.82) is 0 Å². The van der Waals surface area contributed by atoms with E-state index in [2.05, 4.69) is 5.32 Å². The van der Waals surface area contributed by atoms with Gasteiger partial charge in [-0.2, -0.15) is 0 Å². The summed E-state index contributed by atoms with van der Waals surface area (Å²) >= 11 is 0. The monoisotopic (exact) mass is 207 g/mol. The third-order valence-corrected chi connectivity index (χ3v) is 2.30. The van der Waals surface area contributed by atoms with Crippen molar-refractivity contribution in [2.75, 3.05) is 0 Å². The number of carbonyl (C=O) groups is 1. The van der Waals surface area contributed by atoms with Gasteiger partial charge in [0.1, 0.15) is 0 Å². The maximum Gasteiger partial charge on any atom is 0.217 e. The Morgan fingerprint density at radius 2 is 2.00 bits per heavy atom. The molecule has 2 N–H and O–H groups in total. The molecule has 82 valence electrons. The summed E-state index contributed by atoms with van der Waals surface area (Å²) in [4.78, 5) is 10.8. The Labute approximate surface area is 90.1 Å². The van der Waals surface area contributed by atoms with Gasteiger partial charge in [-0.1, -0.05) is 30.3 Å². The first kappa shape index (κ1) is 11.7. The molecule has 3 heteroatoms. The van der Waals surface area contributed by atoms with Crippen LogP contribution in [0.25, 0.3) is 0 Å². The van der Waals surface area contributed by atoms with Crippen LogP contribution in [0.2, 0.25) is 0 Å². The number of amides is 1. The zero-order chi connectivity index (χ0) is 11.3. The number of benzene rings is 1. The summed E-state index contributed by atoms with van der Waals surface area (Å²) in [6.07, 6.45) is 0.0127. The molecule has 0 saturated carbocycles. The Morgan fingerprint density at radius 1 is 1.40 bits per heavy atom. The summed E-state index contributed by atoms with van der Waals surface area (Å²) in [6, 6.07) is 9.51. The number of aliphatic hydroxyl groups is 1. The normalized spacial score (nSPS) is 14.3. The lowest BCUT2D eigenvalue weighted by atomic mass is 10.0. The molecule has 0 saturated heterocycles. The minimum Gasteiger partial charge on any atom is -0.391 e. The second-order valence-electron chi connectivity index (χ2n) is 3.75. The third-order valence-electron chi connectivity index (χ3n) is 2.30. The van der Waals surface area contributed by atoms with Gasteiger partial charge in [0, 0.05) is 13.3 Å². The molecule has 1 amide bonds. The van der Waals surface area contributed by atoms with Gasteiger partial charge >= 0.3 is 0 Å². The number of aliphatic hydroxyl groups excluding tert-OH is 1. The van der Waals surface area contributed by atoms with E-state index in [0.717, 1.165) is 5.56 Å². The standard InChI is InChI=1S/C12H17NO2/c1-9(13-10(2)14)12(15)8-11-6-4-3-5-7-11/h3-7,9,12,15H,8H2,1-2H3,(H,13,14). The molecule has 0 aliphatic rings. The SMILES string of the molecule is CC(=O)NC(C)C(O)Cc1ccccc1. The van der Waals surface area contributed by atoms with E-state index in [9.17, 15) is 9.90 Å². The smallest absolute Gasteiger partial charge is 0.217 e. The van der Waals surface area contributed by atoms with Gasteiger partial charge in [0.25, 0.3) is 0 Å². The van der Waals surface area contributed by atoms with E-state index in [1.807, 2.05) is 30.3 Å². The zero-order valence-electron chi connectivity index (χ0n) is 9.10. The fourth-order valence-corrected chi connectivity index (χ4v) is 1.45. The summed E-state index contributed by atoms with van der Waals surface area (Å²) in [5.74, 6) is -0.116. The molecule has 0 spiro atoms. The first-order chi connectivity index (χ1) is 7.09. The summed E-state index contributed by atoms with van der Waals surface area (Å²) in [5, 5.41) is 12.5. The van der Waals surface area contributed by atoms with Crippen LogP contribution in [0.5, 0.6) is 0 Å². The average molecular weight is 207 g/mol. The third kappa shape index (κ3) is 4.13. The predicted molar refractivity (Wildman–Crippen MR) is 59.4 cm³/mol. The summed E-state index contributed by atoms with van der Waals surface area (Å²) in [6.45, 7) is 3.25. The van der Waals surface area contributed by atoms with E-state index in [1.165, 1.54) is 6.92 Å². The van der Waals surface area contributed by atoms with Crippen molar-refractivity contribution in [2.45, 2.75) is 32.4 Å². The summed E-state index contributed by atoms with van der Waals surface area (Å²) in [5.41, 5.74) is 1.07. The van der Waals surface area contributed by atoms with Crippen molar-refractivity contribution in [3.63, 3.8) is 0 Å². The van der Waals surface area contributed by atoms with Gasteiger partial charge in [-0.3, -0.25) is 4.79 Å².